The Balaban J connectivity index is 2.63. The maximum atomic E-state index is 13.2. The van der Waals surface area contributed by atoms with Crippen LogP contribution in [0.3, 0.4) is 0 Å². The summed E-state index contributed by atoms with van der Waals surface area (Å²) in [6.07, 6.45) is -0.550. The molecule has 10 heteroatoms. The van der Waals surface area contributed by atoms with Gasteiger partial charge in [-0.3, -0.25) is 9.05 Å². The van der Waals surface area contributed by atoms with Crippen LogP contribution in [0.2, 0.25) is 5.02 Å². The molecule has 0 aromatic heterocycles. The lowest BCUT2D eigenvalue weighted by Gasteiger charge is -2.28. The van der Waals surface area contributed by atoms with Crippen LogP contribution in [0.4, 0.5) is 0 Å². The molecule has 1 N–H and O–H groups in total. The lowest BCUT2D eigenvalue weighted by atomic mass is 10.2. The molecule has 0 aliphatic rings. The highest BCUT2D eigenvalue weighted by molar-refractivity contribution is 7.51. The molecule has 2 atom stereocenters. The lowest BCUT2D eigenvalue weighted by Crippen LogP contribution is -2.28. The molecular formula is C21H37ClNO7P. The third-order valence-corrected chi connectivity index (χ3v) is 6.08. The molecular weight excluding hydrogens is 445 g/mol. The van der Waals surface area contributed by atoms with Gasteiger partial charge in [-0.15, -0.1) is 0 Å². The van der Waals surface area contributed by atoms with E-state index in [1.165, 1.54) is 14.2 Å². The summed E-state index contributed by atoms with van der Waals surface area (Å²) < 4.78 is 46.0. The predicted octanol–water partition coefficient (Wildman–Crippen LogP) is 5.21. The molecule has 0 aliphatic heterocycles. The Morgan fingerprint density at radius 2 is 1.84 bits per heavy atom. The zero-order valence-electron chi connectivity index (χ0n) is 19.6. The zero-order valence-corrected chi connectivity index (χ0v) is 21.3. The van der Waals surface area contributed by atoms with Crippen LogP contribution in [0, 0.1) is 5.92 Å². The van der Waals surface area contributed by atoms with E-state index in [2.05, 4.69) is 5.09 Å². The molecule has 8 nitrogen and oxygen atoms in total. The van der Waals surface area contributed by atoms with Crippen LogP contribution in [0.5, 0.6) is 5.75 Å². The quantitative estimate of drug-likeness (QED) is 0.207. The van der Waals surface area contributed by atoms with Crippen molar-refractivity contribution in [1.82, 2.24) is 5.09 Å². The van der Waals surface area contributed by atoms with E-state index in [-0.39, 0.29) is 25.7 Å². The molecule has 1 rings (SSSR count). The first-order chi connectivity index (χ1) is 14.5. The van der Waals surface area contributed by atoms with Crippen molar-refractivity contribution < 1.29 is 32.6 Å². The molecule has 0 bridgehead atoms. The molecule has 0 fully saturated rings. The zero-order chi connectivity index (χ0) is 23.5. The monoisotopic (exact) mass is 481 g/mol. The van der Waals surface area contributed by atoms with Crippen LogP contribution in [0.1, 0.15) is 46.5 Å². The number of rotatable bonds is 15. The molecule has 0 heterocycles. The first-order valence-corrected chi connectivity index (χ1v) is 12.2. The highest BCUT2D eigenvalue weighted by Crippen LogP contribution is 2.47. The number of nitrogens with one attached hydrogen (secondary N) is 1. The Hall–Kier alpha value is -0.700. The first kappa shape index (κ1) is 28.3. The Morgan fingerprint density at radius 1 is 1.16 bits per heavy atom. The van der Waals surface area contributed by atoms with Crippen molar-refractivity contribution in [1.29, 1.82) is 0 Å². The van der Waals surface area contributed by atoms with Crippen molar-refractivity contribution in [3.63, 3.8) is 0 Å². The number of hydrogen-bond donors (Lipinski definition) is 1. The second-order valence-electron chi connectivity index (χ2n) is 8.00. The number of halogens is 1. The maximum Gasteiger partial charge on any atom is 0.406 e. The Morgan fingerprint density at radius 3 is 2.39 bits per heavy atom. The van der Waals surface area contributed by atoms with E-state index in [0.29, 0.717) is 29.5 Å². The summed E-state index contributed by atoms with van der Waals surface area (Å²) in [6, 6.07) is 5.22. The SMILES string of the molecule is CCOCC(C)COP(=O)(NCCOc1ccc(C(OC)OC)c(Cl)c1)OC(C)(C)C. The topological polar surface area (TPSA) is 84.5 Å². The first-order valence-electron chi connectivity index (χ1n) is 10.3. The second-order valence-corrected chi connectivity index (χ2v) is 10.2. The summed E-state index contributed by atoms with van der Waals surface area (Å²) in [7, 11) is -0.452. The van der Waals surface area contributed by atoms with Gasteiger partial charge in [0.05, 0.1) is 23.8 Å². The fourth-order valence-corrected chi connectivity index (χ4v) is 4.55. The minimum Gasteiger partial charge on any atom is -0.492 e. The van der Waals surface area contributed by atoms with Crippen LogP contribution < -0.4 is 9.82 Å². The van der Waals surface area contributed by atoms with Gasteiger partial charge in [0.25, 0.3) is 0 Å². The fraction of sp³-hybridized carbons (Fsp3) is 0.714. The van der Waals surface area contributed by atoms with Crippen molar-refractivity contribution in [2.45, 2.75) is 46.5 Å². The largest absolute Gasteiger partial charge is 0.492 e. The highest BCUT2D eigenvalue weighted by Gasteiger charge is 2.31. The van der Waals surface area contributed by atoms with E-state index in [1.54, 1.807) is 18.2 Å². The summed E-state index contributed by atoms with van der Waals surface area (Å²) >= 11 is 6.30. The van der Waals surface area contributed by atoms with Gasteiger partial charge >= 0.3 is 7.75 Å². The minimum atomic E-state index is -3.53. The van der Waals surface area contributed by atoms with Gasteiger partial charge in [0.15, 0.2) is 6.29 Å². The average molecular weight is 482 g/mol. The average Bonchev–Trinajstić information content (AvgIpc) is 2.69. The van der Waals surface area contributed by atoms with Gasteiger partial charge in [-0.1, -0.05) is 18.5 Å². The van der Waals surface area contributed by atoms with Crippen molar-refractivity contribution in [2.75, 3.05) is 47.2 Å². The third-order valence-electron chi connectivity index (χ3n) is 3.86. The molecule has 1 aromatic carbocycles. The summed E-state index contributed by atoms with van der Waals surface area (Å²) in [4.78, 5) is 0. The number of methoxy groups -OCH3 is 2. The standard InChI is InChI=1S/C21H37ClNO7P/c1-8-27-14-16(2)15-29-31(24,30-21(3,4)5)23-11-12-28-17-9-10-18(19(22)13-17)20(25-6)26-7/h9-10,13,16,20H,8,11-12,14-15H2,1-7H3,(H,23,24). The Kier molecular flexibility index (Phi) is 12.6. The van der Waals surface area contributed by atoms with Gasteiger partial charge in [-0.2, -0.15) is 0 Å². The van der Waals surface area contributed by atoms with Crippen LogP contribution in [0.25, 0.3) is 0 Å². The number of ether oxygens (including phenoxy) is 4. The molecule has 0 saturated carbocycles. The van der Waals surface area contributed by atoms with E-state index in [4.69, 9.17) is 39.6 Å². The maximum absolute atomic E-state index is 13.2. The van der Waals surface area contributed by atoms with Gasteiger partial charge in [0.1, 0.15) is 12.4 Å². The van der Waals surface area contributed by atoms with Gasteiger partial charge < -0.3 is 18.9 Å². The van der Waals surface area contributed by atoms with Gasteiger partial charge in [0, 0.05) is 38.9 Å². The lowest BCUT2D eigenvalue weighted by molar-refractivity contribution is -0.105. The van der Waals surface area contributed by atoms with Gasteiger partial charge in [-0.05, 0) is 45.9 Å². The van der Waals surface area contributed by atoms with Crippen molar-refractivity contribution in [3.05, 3.63) is 28.8 Å². The summed E-state index contributed by atoms with van der Waals surface area (Å²) in [5, 5.41) is 3.33. The molecule has 0 saturated heterocycles. The van der Waals surface area contributed by atoms with Crippen LogP contribution in [-0.4, -0.2) is 52.8 Å². The van der Waals surface area contributed by atoms with Crippen molar-refractivity contribution in [3.8, 4) is 5.75 Å². The minimum absolute atomic E-state index is 0.0820. The van der Waals surface area contributed by atoms with E-state index in [0.717, 1.165) is 0 Å². The van der Waals surface area contributed by atoms with Crippen LogP contribution in [-0.2, 0) is 27.8 Å². The van der Waals surface area contributed by atoms with E-state index < -0.39 is 19.6 Å². The summed E-state index contributed by atoms with van der Waals surface area (Å²) in [6.45, 7) is 11.2. The predicted molar refractivity (Wildman–Crippen MR) is 122 cm³/mol. The molecule has 0 spiro atoms. The molecule has 180 valence electrons. The Labute approximate surface area is 191 Å². The molecule has 31 heavy (non-hydrogen) atoms. The van der Waals surface area contributed by atoms with Crippen LogP contribution in [0.15, 0.2) is 18.2 Å². The molecule has 1 aromatic rings. The molecule has 0 radical (unpaired) electrons. The molecule has 0 aliphatic carbocycles. The summed E-state index contributed by atoms with van der Waals surface area (Å²) in [5.74, 6) is 0.651. The van der Waals surface area contributed by atoms with E-state index in [9.17, 15) is 4.57 Å². The van der Waals surface area contributed by atoms with Gasteiger partial charge in [-0.25, -0.2) is 9.65 Å². The fourth-order valence-electron chi connectivity index (χ4n) is 2.55. The van der Waals surface area contributed by atoms with Crippen molar-refractivity contribution >= 4 is 19.3 Å². The highest BCUT2D eigenvalue weighted by atomic mass is 35.5. The number of benzene rings is 1. The van der Waals surface area contributed by atoms with E-state index in [1.807, 2.05) is 34.6 Å². The molecule has 2 unspecified atom stereocenters. The normalized spacial score (nSPS) is 15.1. The second kappa shape index (κ2) is 13.8. The third kappa shape index (κ3) is 11.1. The van der Waals surface area contributed by atoms with Crippen LogP contribution >= 0.6 is 19.3 Å². The summed E-state index contributed by atoms with van der Waals surface area (Å²) in [5.41, 5.74) is 0.0598. The van der Waals surface area contributed by atoms with E-state index >= 15 is 0 Å². The van der Waals surface area contributed by atoms with Crippen molar-refractivity contribution in [2.24, 2.45) is 5.92 Å². The Bertz CT molecular complexity index is 695. The number of hydrogen-bond acceptors (Lipinski definition) is 7. The smallest absolute Gasteiger partial charge is 0.406 e. The van der Waals surface area contributed by atoms with Gasteiger partial charge in [0.2, 0.25) is 0 Å². The molecule has 0 amide bonds.